The Kier molecular flexibility index (Phi) is 14.6. The van der Waals surface area contributed by atoms with Gasteiger partial charge in [-0.2, -0.15) is 0 Å². The van der Waals surface area contributed by atoms with E-state index in [2.05, 4.69) is 30.5 Å². The molecule has 1 aliphatic carbocycles. The fraction of sp³-hybridized carbons (Fsp3) is 0.676. The van der Waals surface area contributed by atoms with Crippen LogP contribution in [0, 0.1) is 24.7 Å². The molecular weight excluding hydrogens is 687 g/mol. The molecule has 0 bridgehead atoms. The number of aryl methyl sites for hydroxylation is 1. The number of likely N-dealkylation sites (tertiary alicyclic amines) is 1. The molecule has 2 aromatic rings. The summed E-state index contributed by atoms with van der Waals surface area (Å²) in [5.74, 6) is -2.54. The van der Waals surface area contributed by atoms with Crippen LogP contribution in [0.4, 0.5) is 0 Å². The predicted octanol–water partition coefficient (Wildman–Crippen LogP) is 3.94. The van der Waals surface area contributed by atoms with Gasteiger partial charge in [-0.15, -0.1) is 11.3 Å². The van der Waals surface area contributed by atoms with E-state index >= 15 is 0 Å². The van der Waals surface area contributed by atoms with Crippen molar-refractivity contribution in [3.8, 4) is 0 Å². The van der Waals surface area contributed by atoms with Gasteiger partial charge in [-0.25, -0.2) is 15.0 Å². The van der Waals surface area contributed by atoms with Gasteiger partial charge < -0.3 is 25.4 Å². The molecule has 0 spiro atoms. The molecule has 3 N–H and O–H groups in total. The van der Waals surface area contributed by atoms with Crippen molar-refractivity contribution in [3.05, 3.63) is 39.9 Å². The van der Waals surface area contributed by atoms with Crippen LogP contribution >= 0.6 is 11.3 Å². The molecule has 4 rings (SSSR count). The number of amides is 3. The number of likely N-dealkylation sites (N-methyl/N-ethyl adjacent to an activating group) is 2. The maximum absolute atomic E-state index is 14.2. The lowest BCUT2D eigenvalue weighted by Gasteiger charge is -2.41. The number of carbonyl (C=O) groups excluding carboxylic acids is 4. The van der Waals surface area contributed by atoms with Gasteiger partial charge in [0.05, 0.1) is 12.0 Å². The van der Waals surface area contributed by atoms with Crippen molar-refractivity contribution >= 4 is 41.0 Å². The molecule has 1 aliphatic heterocycles. The van der Waals surface area contributed by atoms with E-state index in [4.69, 9.17) is 4.74 Å². The Hall–Kier alpha value is -3.98. The number of carboxylic acids is 1. The molecule has 52 heavy (non-hydrogen) atoms. The first-order valence-electron chi connectivity index (χ1n) is 18.4. The van der Waals surface area contributed by atoms with Gasteiger partial charge in [-0.3, -0.25) is 28.9 Å². The third-order valence-electron chi connectivity index (χ3n) is 10.3. The van der Waals surface area contributed by atoms with E-state index in [9.17, 15) is 29.1 Å². The summed E-state index contributed by atoms with van der Waals surface area (Å²) in [5, 5.41) is 17.5. The molecule has 0 radical (unpaired) electrons. The molecule has 3 heterocycles. The summed E-state index contributed by atoms with van der Waals surface area (Å²) in [6, 6.07) is -1.87. The number of thiazole rings is 1. The van der Waals surface area contributed by atoms with Crippen LogP contribution in [0.15, 0.2) is 17.8 Å². The fourth-order valence-electron chi connectivity index (χ4n) is 6.95. The topological polar surface area (TPSA) is 184 Å². The monoisotopic (exact) mass is 741 g/mol. The fourth-order valence-corrected chi connectivity index (χ4v) is 7.79. The van der Waals surface area contributed by atoms with Gasteiger partial charge in [0.1, 0.15) is 22.6 Å². The minimum absolute atomic E-state index is 0.0436. The summed E-state index contributed by atoms with van der Waals surface area (Å²) in [6.45, 7) is 9.57. The Labute approximate surface area is 310 Å². The number of nitrogens with one attached hydrogen (secondary N) is 2. The standard InChI is InChI=1S/C37H55N7O7S/c1-21(2)29(44(7)36(48)32(25-11-10-12-25)42-34(47)28-13-8-9-14-43(28)6)17-30(51-24(5)45)35-41-27(20-52-35)33(46)40-26(15-23(4)37(49)50)16-31-38-18-22(3)19-39-31/h18-21,23,25-26,28-30,32H,8-17H2,1-7H3,(H,40,46)(H,42,47)(H,49,50)/t23-,26+,28+,29+,30+,32-/m0/s1. The smallest absolute Gasteiger partial charge is 0.306 e. The molecule has 1 saturated heterocycles. The minimum Gasteiger partial charge on any atom is -0.481 e. The van der Waals surface area contributed by atoms with E-state index in [1.807, 2.05) is 27.8 Å². The van der Waals surface area contributed by atoms with Crippen LogP contribution in [0.25, 0.3) is 0 Å². The van der Waals surface area contributed by atoms with Crippen LogP contribution in [0.1, 0.15) is 112 Å². The largest absolute Gasteiger partial charge is 0.481 e. The number of piperidine rings is 1. The molecule has 2 fully saturated rings. The summed E-state index contributed by atoms with van der Waals surface area (Å²) >= 11 is 1.17. The molecule has 286 valence electrons. The highest BCUT2D eigenvalue weighted by Crippen LogP contribution is 2.34. The number of esters is 1. The number of ether oxygens (including phenoxy) is 1. The lowest BCUT2D eigenvalue weighted by atomic mass is 9.78. The average molecular weight is 742 g/mol. The Morgan fingerprint density at radius 2 is 1.73 bits per heavy atom. The van der Waals surface area contributed by atoms with Crippen LogP contribution in [0.2, 0.25) is 0 Å². The second kappa shape index (κ2) is 18.7. The second-order valence-corrected chi connectivity index (χ2v) is 15.8. The average Bonchev–Trinajstić information content (AvgIpc) is 3.56. The molecule has 0 unspecified atom stereocenters. The quantitative estimate of drug-likeness (QED) is 0.200. The van der Waals surface area contributed by atoms with Crippen molar-refractivity contribution in [2.24, 2.45) is 17.8 Å². The Balaban J connectivity index is 1.50. The maximum atomic E-state index is 14.2. The van der Waals surface area contributed by atoms with Crippen LogP contribution in [0.3, 0.4) is 0 Å². The number of aliphatic carboxylic acids is 1. The first-order chi connectivity index (χ1) is 24.6. The Morgan fingerprint density at radius 1 is 1.04 bits per heavy atom. The normalized spacial score (nSPS) is 19.4. The summed E-state index contributed by atoms with van der Waals surface area (Å²) in [4.78, 5) is 82.1. The number of carbonyl (C=O) groups is 5. The third kappa shape index (κ3) is 11.0. The van der Waals surface area contributed by atoms with E-state index in [-0.39, 0.29) is 60.7 Å². The second-order valence-electron chi connectivity index (χ2n) is 14.9. The first-order valence-corrected chi connectivity index (χ1v) is 19.2. The van der Waals surface area contributed by atoms with E-state index in [1.165, 1.54) is 18.3 Å². The van der Waals surface area contributed by atoms with Gasteiger partial charge >= 0.3 is 11.9 Å². The van der Waals surface area contributed by atoms with E-state index in [1.54, 1.807) is 36.6 Å². The molecule has 14 nitrogen and oxygen atoms in total. The number of rotatable bonds is 17. The van der Waals surface area contributed by atoms with Gasteiger partial charge in [0.25, 0.3) is 5.91 Å². The lowest BCUT2D eigenvalue weighted by molar-refractivity contribution is -0.149. The lowest BCUT2D eigenvalue weighted by Crippen LogP contribution is -2.59. The van der Waals surface area contributed by atoms with Crippen LogP contribution < -0.4 is 10.6 Å². The van der Waals surface area contributed by atoms with Crippen molar-refractivity contribution in [2.75, 3.05) is 20.6 Å². The van der Waals surface area contributed by atoms with Crippen molar-refractivity contribution < 1.29 is 33.8 Å². The van der Waals surface area contributed by atoms with Gasteiger partial charge in [-0.05, 0) is 70.0 Å². The van der Waals surface area contributed by atoms with Crippen molar-refractivity contribution in [3.63, 3.8) is 0 Å². The highest BCUT2D eigenvalue weighted by molar-refractivity contribution is 7.09. The summed E-state index contributed by atoms with van der Waals surface area (Å²) in [7, 11) is 3.69. The van der Waals surface area contributed by atoms with E-state index in [0.717, 1.165) is 50.6 Å². The van der Waals surface area contributed by atoms with E-state index in [0.29, 0.717) is 10.8 Å². The SMILES string of the molecule is CC(=O)O[C@H](C[C@H](C(C)C)N(C)C(=O)[C@@H](NC(=O)[C@H]1CCCCN1C)C1CCC1)c1nc(C(=O)N[C@@H](Cc2ncc(C)cn2)C[C@H](C)C(=O)O)cs1. The van der Waals surface area contributed by atoms with Crippen molar-refractivity contribution in [1.29, 1.82) is 0 Å². The summed E-state index contributed by atoms with van der Waals surface area (Å²) in [5.41, 5.74) is 0.976. The molecule has 3 amide bonds. The predicted molar refractivity (Wildman–Crippen MR) is 195 cm³/mol. The van der Waals surface area contributed by atoms with Crippen LogP contribution in [-0.4, -0.2) is 104 Å². The van der Waals surface area contributed by atoms with Crippen molar-refractivity contribution in [2.45, 2.75) is 123 Å². The number of carboxylic acid groups (broad SMARTS) is 1. The number of hydrogen-bond acceptors (Lipinski definition) is 11. The summed E-state index contributed by atoms with van der Waals surface area (Å²) < 4.78 is 5.77. The number of hydrogen-bond donors (Lipinski definition) is 3. The van der Waals surface area contributed by atoms with E-state index < -0.39 is 42.0 Å². The molecule has 15 heteroatoms. The van der Waals surface area contributed by atoms with Gasteiger partial charge in [-0.1, -0.05) is 33.6 Å². The molecule has 2 aromatic heterocycles. The zero-order valence-electron chi connectivity index (χ0n) is 31.5. The number of aromatic nitrogens is 3. The zero-order valence-corrected chi connectivity index (χ0v) is 32.3. The van der Waals surface area contributed by atoms with Crippen LogP contribution in [0.5, 0.6) is 0 Å². The Morgan fingerprint density at radius 3 is 2.31 bits per heavy atom. The molecular formula is C37H55N7O7S. The molecule has 1 saturated carbocycles. The first kappa shape index (κ1) is 40.8. The molecule has 6 atom stereocenters. The highest BCUT2D eigenvalue weighted by Gasteiger charge is 2.40. The number of nitrogens with zero attached hydrogens (tertiary/aromatic N) is 5. The zero-order chi connectivity index (χ0) is 38.1. The Bertz CT molecular complexity index is 1550. The molecule has 2 aliphatic rings. The van der Waals surface area contributed by atoms with Gasteiger partial charge in [0, 0.05) is 56.7 Å². The van der Waals surface area contributed by atoms with Gasteiger partial charge in [0.15, 0.2) is 6.10 Å². The van der Waals surface area contributed by atoms with Crippen molar-refractivity contribution in [1.82, 2.24) is 35.4 Å². The highest BCUT2D eigenvalue weighted by atomic mass is 32.1. The molecule has 0 aromatic carbocycles. The van der Waals surface area contributed by atoms with Crippen LogP contribution in [-0.2, 0) is 30.3 Å². The van der Waals surface area contributed by atoms with Gasteiger partial charge in [0.2, 0.25) is 11.8 Å². The summed E-state index contributed by atoms with van der Waals surface area (Å²) in [6.07, 6.45) is 8.64. The minimum atomic E-state index is -0.981. The maximum Gasteiger partial charge on any atom is 0.306 e. The third-order valence-corrected chi connectivity index (χ3v) is 11.3.